The monoisotopic (exact) mass is 476 g/mol. The topological polar surface area (TPSA) is 74.2 Å². The molecule has 6 nitrogen and oxygen atoms in total. The van der Waals surface area contributed by atoms with Gasteiger partial charge in [0, 0.05) is 50.4 Å². The number of halogens is 1. The Kier molecular flexibility index (Phi) is 8.76. The highest BCUT2D eigenvalue weighted by Crippen LogP contribution is 2.13. The molecule has 1 aromatic carbocycles. The molecule has 0 saturated heterocycles. The number of anilines is 1. The van der Waals surface area contributed by atoms with Gasteiger partial charge in [-0.3, -0.25) is 9.98 Å². The van der Waals surface area contributed by atoms with Crippen molar-refractivity contribution in [3.63, 3.8) is 0 Å². The fourth-order valence-electron chi connectivity index (χ4n) is 2.61. The Labute approximate surface area is 176 Å². The molecule has 0 unspecified atom stereocenters. The maximum absolute atomic E-state index is 4.60. The number of benzene rings is 1. The van der Waals surface area contributed by atoms with Crippen molar-refractivity contribution in [2.24, 2.45) is 4.99 Å². The van der Waals surface area contributed by atoms with Gasteiger partial charge in [0.05, 0.1) is 5.52 Å². The molecule has 142 valence electrons. The number of pyridine rings is 2. The molecule has 0 aliphatic rings. The van der Waals surface area contributed by atoms with Crippen LogP contribution in [0.3, 0.4) is 0 Å². The van der Waals surface area contributed by atoms with Crippen molar-refractivity contribution >= 4 is 46.7 Å². The van der Waals surface area contributed by atoms with E-state index in [2.05, 4.69) is 43.0 Å². The molecule has 0 radical (unpaired) electrons. The molecule has 2 aromatic heterocycles. The Morgan fingerprint density at radius 2 is 1.74 bits per heavy atom. The van der Waals surface area contributed by atoms with E-state index < -0.39 is 0 Å². The van der Waals surface area contributed by atoms with E-state index in [4.69, 9.17) is 0 Å². The van der Waals surface area contributed by atoms with Crippen LogP contribution >= 0.6 is 24.0 Å². The average molecular weight is 476 g/mol. The summed E-state index contributed by atoms with van der Waals surface area (Å²) in [5.74, 6) is 1.66. The summed E-state index contributed by atoms with van der Waals surface area (Å²) in [5, 5.41) is 11.1. The SMILES string of the molecule is CN=C(NCCNc1ccc2ccccc2n1)NCCc1ccccn1.I. The van der Waals surface area contributed by atoms with Crippen molar-refractivity contribution in [1.82, 2.24) is 20.6 Å². The molecule has 0 saturated carbocycles. The molecule has 0 bridgehead atoms. The highest BCUT2D eigenvalue weighted by Gasteiger charge is 2.00. The second-order valence-electron chi connectivity index (χ2n) is 5.81. The molecule has 3 N–H and O–H groups in total. The summed E-state index contributed by atoms with van der Waals surface area (Å²) in [6, 6.07) is 18.1. The van der Waals surface area contributed by atoms with Crippen molar-refractivity contribution in [1.29, 1.82) is 0 Å². The van der Waals surface area contributed by atoms with Gasteiger partial charge in [0.25, 0.3) is 0 Å². The second kappa shape index (κ2) is 11.3. The average Bonchev–Trinajstić information content (AvgIpc) is 2.70. The lowest BCUT2D eigenvalue weighted by atomic mass is 10.2. The Morgan fingerprint density at radius 3 is 2.56 bits per heavy atom. The largest absolute Gasteiger partial charge is 0.368 e. The maximum Gasteiger partial charge on any atom is 0.191 e. The van der Waals surface area contributed by atoms with Crippen LogP contribution in [0.5, 0.6) is 0 Å². The zero-order chi connectivity index (χ0) is 18.0. The van der Waals surface area contributed by atoms with Crippen LogP contribution in [0, 0.1) is 0 Å². The minimum Gasteiger partial charge on any atom is -0.368 e. The third-order valence-electron chi connectivity index (χ3n) is 3.95. The van der Waals surface area contributed by atoms with Crippen LogP contribution in [0.25, 0.3) is 10.9 Å². The van der Waals surface area contributed by atoms with Gasteiger partial charge < -0.3 is 16.0 Å². The van der Waals surface area contributed by atoms with Crippen molar-refractivity contribution < 1.29 is 0 Å². The van der Waals surface area contributed by atoms with E-state index in [-0.39, 0.29) is 24.0 Å². The Hall–Kier alpha value is -2.42. The van der Waals surface area contributed by atoms with E-state index in [1.165, 1.54) is 0 Å². The van der Waals surface area contributed by atoms with E-state index in [1.807, 2.05) is 48.7 Å². The number of nitrogens with one attached hydrogen (secondary N) is 3. The molecule has 3 aromatic rings. The highest BCUT2D eigenvalue weighted by atomic mass is 127. The predicted octanol–water partition coefficient (Wildman–Crippen LogP) is 3.07. The van der Waals surface area contributed by atoms with Gasteiger partial charge in [-0.2, -0.15) is 0 Å². The first-order valence-electron chi connectivity index (χ1n) is 8.79. The Balaban J connectivity index is 0.00000261. The number of guanidine groups is 1. The van der Waals surface area contributed by atoms with E-state index in [9.17, 15) is 0 Å². The van der Waals surface area contributed by atoms with Gasteiger partial charge in [0.2, 0.25) is 0 Å². The quantitative estimate of drug-likeness (QED) is 0.212. The van der Waals surface area contributed by atoms with Gasteiger partial charge in [0.15, 0.2) is 5.96 Å². The first-order chi connectivity index (χ1) is 12.8. The second-order valence-corrected chi connectivity index (χ2v) is 5.81. The van der Waals surface area contributed by atoms with Crippen LogP contribution in [-0.4, -0.2) is 42.6 Å². The van der Waals surface area contributed by atoms with Crippen LogP contribution in [0.1, 0.15) is 5.69 Å². The van der Waals surface area contributed by atoms with Gasteiger partial charge in [-0.25, -0.2) is 4.98 Å². The molecule has 0 aliphatic heterocycles. The summed E-state index contributed by atoms with van der Waals surface area (Å²) in [6.07, 6.45) is 2.68. The number of hydrogen-bond donors (Lipinski definition) is 3. The number of para-hydroxylation sites is 1. The molecule has 0 aliphatic carbocycles. The number of fused-ring (bicyclic) bond motifs is 1. The first kappa shape index (κ1) is 20.9. The Morgan fingerprint density at radius 1 is 0.926 bits per heavy atom. The fourth-order valence-corrected chi connectivity index (χ4v) is 2.61. The number of hydrogen-bond acceptors (Lipinski definition) is 4. The standard InChI is InChI=1S/C20H24N6.HI/c1-21-20(24-13-11-17-7-4-5-12-22-17)25-15-14-23-19-10-9-16-6-2-3-8-18(16)26-19;/h2-10,12H,11,13-15H2,1H3,(H,23,26)(H2,21,24,25);1H. The zero-order valence-corrected chi connectivity index (χ0v) is 17.7. The summed E-state index contributed by atoms with van der Waals surface area (Å²) in [6.45, 7) is 2.29. The summed E-state index contributed by atoms with van der Waals surface area (Å²) in [4.78, 5) is 13.2. The van der Waals surface area contributed by atoms with Crippen LogP contribution in [0.15, 0.2) is 65.8 Å². The van der Waals surface area contributed by atoms with E-state index in [0.717, 1.165) is 54.4 Å². The first-order valence-corrected chi connectivity index (χ1v) is 8.79. The van der Waals surface area contributed by atoms with E-state index >= 15 is 0 Å². The van der Waals surface area contributed by atoms with E-state index in [1.54, 1.807) is 7.05 Å². The minimum atomic E-state index is 0. The van der Waals surface area contributed by atoms with E-state index in [0.29, 0.717) is 0 Å². The lowest BCUT2D eigenvalue weighted by Crippen LogP contribution is -2.40. The molecule has 0 amide bonds. The Bertz CT molecular complexity index is 853. The number of aliphatic imine (C=N–C) groups is 1. The van der Waals surface area contributed by atoms with Crippen molar-refractivity contribution in [2.45, 2.75) is 6.42 Å². The third kappa shape index (κ3) is 6.67. The molecule has 0 spiro atoms. The summed E-state index contributed by atoms with van der Waals surface area (Å²) in [7, 11) is 1.77. The summed E-state index contributed by atoms with van der Waals surface area (Å²) in [5.41, 5.74) is 2.07. The van der Waals surface area contributed by atoms with Crippen molar-refractivity contribution in [2.75, 3.05) is 32.0 Å². The fraction of sp³-hybridized carbons (Fsp3) is 0.250. The van der Waals surface area contributed by atoms with Crippen molar-refractivity contribution in [3.8, 4) is 0 Å². The smallest absolute Gasteiger partial charge is 0.191 e. The summed E-state index contributed by atoms with van der Waals surface area (Å²) < 4.78 is 0. The molecule has 0 atom stereocenters. The maximum atomic E-state index is 4.60. The van der Waals surface area contributed by atoms with Crippen molar-refractivity contribution in [3.05, 3.63) is 66.5 Å². The van der Waals surface area contributed by atoms with Gasteiger partial charge in [-0.1, -0.05) is 24.3 Å². The lowest BCUT2D eigenvalue weighted by molar-refractivity contribution is 0.787. The number of nitrogens with zero attached hydrogens (tertiary/aromatic N) is 3. The zero-order valence-electron chi connectivity index (χ0n) is 15.4. The molecular weight excluding hydrogens is 451 g/mol. The summed E-state index contributed by atoms with van der Waals surface area (Å²) >= 11 is 0. The molecule has 2 heterocycles. The van der Waals surface area contributed by atoms with Crippen LogP contribution in [-0.2, 0) is 6.42 Å². The van der Waals surface area contributed by atoms with Gasteiger partial charge in [0.1, 0.15) is 5.82 Å². The van der Waals surface area contributed by atoms with Gasteiger partial charge in [-0.05, 0) is 30.3 Å². The molecular formula is C20H25IN6. The number of rotatable bonds is 7. The predicted molar refractivity (Wildman–Crippen MR) is 123 cm³/mol. The number of aromatic nitrogens is 2. The van der Waals surface area contributed by atoms with Crippen LogP contribution in [0.2, 0.25) is 0 Å². The molecule has 7 heteroatoms. The van der Waals surface area contributed by atoms with Crippen LogP contribution < -0.4 is 16.0 Å². The normalized spacial score (nSPS) is 10.9. The molecule has 27 heavy (non-hydrogen) atoms. The lowest BCUT2D eigenvalue weighted by Gasteiger charge is -2.12. The highest BCUT2D eigenvalue weighted by molar-refractivity contribution is 14.0. The van der Waals surface area contributed by atoms with Gasteiger partial charge in [-0.15, -0.1) is 24.0 Å². The molecule has 3 rings (SSSR count). The molecule has 0 fully saturated rings. The van der Waals surface area contributed by atoms with Gasteiger partial charge >= 0.3 is 0 Å². The van der Waals surface area contributed by atoms with Crippen LogP contribution in [0.4, 0.5) is 5.82 Å². The third-order valence-corrected chi connectivity index (χ3v) is 3.95. The minimum absolute atomic E-state index is 0.